The summed E-state index contributed by atoms with van der Waals surface area (Å²) in [4.78, 5) is 9.45. The van der Waals surface area contributed by atoms with Gasteiger partial charge in [0.2, 0.25) is 0 Å². The van der Waals surface area contributed by atoms with Crippen molar-refractivity contribution in [1.29, 1.82) is 0 Å². The molecule has 0 radical (unpaired) electrons. The maximum Gasteiger partial charge on any atom is 0.156 e. The first-order valence-electron chi connectivity index (χ1n) is 5.16. The van der Waals surface area contributed by atoms with Crippen molar-refractivity contribution in [3.05, 3.63) is 51.6 Å². The zero-order valence-electron chi connectivity index (χ0n) is 9.05. The number of fused-ring (bicyclic) bond motifs is 1. The fraction of sp³-hybridized carbons (Fsp3) is 0. The third kappa shape index (κ3) is 2.22. The molecule has 6 heteroatoms. The van der Waals surface area contributed by atoms with Crippen molar-refractivity contribution in [3.63, 3.8) is 0 Å². The molecule has 18 heavy (non-hydrogen) atoms. The van der Waals surface area contributed by atoms with Crippen molar-refractivity contribution in [2.24, 2.45) is 0 Å². The Kier molecular flexibility index (Phi) is 3.45. The van der Waals surface area contributed by atoms with Crippen LogP contribution in [-0.2, 0) is 0 Å². The lowest BCUT2D eigenvalue weighted by molar-refractivity contribution is 1.16. The number of aromatic nitrogens is 3. The van der Waals surface area contributed by atoms with Crippen LogP contribution >= 0.6 is 46.1 Å². The molecule has 0 saturated carbocycles. The average molecular weight is 388 g/mol. The van der Waals surface area contributed by atoms with Gasteiger partial charge in [0.25, 0.3) is 0 Å². The molecule has 90 valence electrons. The van der Waals surface area contributed by atoms with Crippen LogP contribution in [0.4, 0.5) is 0 Å². The van der Waals surface area contributed by atoms with Crippen LogP contribution in [0.3, 0.4) is 0 Å². The molecule has 0 aliphatic rings. The van der Waals surface area contributed by atoms with Crippen LogP contribution in [-0.4, -0.2) is 13.9 Å². The summed E-state index contributed by atoms with van der Waals surface area (Å²) in [7, 11) is 0. The highest BCUT2D eigenvalue weighted by molar-refractivity contribution is 14.1. The molecule has 0 N–H and O–H groups in total. The molecule has 3 nitrogen and oxygen atoms in total. The Balaban J connectivity index is 2.12. The lowest BCUT2D eigenvalue weighted by Crippen LogP contribution is -1.91. The molecule has 0 unspecified atom stereocenters. The quantitative estimate of drug-likeness (QED) is 0.487. The van der Waals surface area contributed by atoms with E-state index in [0.29, 0.717) is 5.15 Å². The third-order valence-corrected chi connectivity index (χ3v) is 4.86. The first-order chi connectivity index (χ1) is 8.75. The summed E-state index contributed by atoms with van der Waals surface area (Å²) in [5.41, 5.74) is 0.841. The van der Waals surface area contributed by atoms with Gasteiger partial charge in [0.05, 0.1) is 9.09 Å². The average Bonchev–Trinajstić information content (AvgIpc) is 2.70. The van der Waals surface area contributed by atoms with Gasteiger partial charge in [0, 0.05) is 4.90 Å². The number of benzene rings is 1. The van der Waals surface area contributed by atoms with Gasteiger partial charge < -0.3 is 0 Å². The second kappa shape index (κ2) is 5.07. The van der Waals surface area contributed by atoms with Gasteiger partial charge in [-0.05, 0) is 52.7 Å². The lowest BCUT2D eigenvalue weighted by atomic mass is 10.4. The number of hydrogen-bond acceptors (Lipinski definition) is 3. The van der Waals surface area contributed by atoms with Crippen LogP contribution in [0.5, 0.6) is 0 Å². The van der Waals surface area contributed by atoms with E-state index in [-0.39, 0.29) is 0 Å². The minimum absolute atomic E-state index is 0.491. The maximum absolute atomic E-state index is 6.07. The van der Waals surface area contributed by atoms with E-state index in [4.69, 9.17) is 11.6 Å². The molecular weight excluding hydrogens is 381 g/mol. The van der Waals surface area contributed by atoms with Gasteiger partial charge in [-0.15, -0.1) is 0 Å². The molecule has 3 aromatic rings. The minimum Gasteiger partial charge on any atom is -0.257 e. The monoisotopic (exact) mass is 387 g/mol. The molecule has 0 bridgehead atoms. The first-order valence-corrected chi connectivity index (χ1v) is 7.39. The summed E-state index contributed by atoms with van der Waals surface area (Å²) in [5, 5.41) is 1.37. The standard InChI is InChI=1S/C12H7ClIN3S/c13-11-9-6-10(14)17(12(9)16-7-15-11)18-8-4-2-1-3-5-8/h1-7H. The van der Waals surface area contributed by atoms with Crippen molar-refractivity contribution in [3.8, 4) is 0 Å². The smallest absolute Gasteiger partial charge is 0.156 e. The Morgan fingerprint density at radius 2 is 1.94 bits per heavy atom. The van der Waals surface area contributed by atoms with E-state index in [1.54, 1.807) is 11.9 Å². The Morgan fingerprint density at radius 3 is 2.72 bits per heavy atom. The largest absolute Gasteiger partial charge is 0.257 e. The number of hydrogen-bond donors (Lipinski definition) is 0. The molecular formula is C12H7ClIN3S. The molecule has 0 saturated heterocycles. The van der Waals surface area contributed by atoms with Gasteiger partial charge in [-0.25, -0.2) is 9.97 Å². The summed E-state index contributed by atoms with van der Waals surface area (Å²) in [6, 6.07) is 12.2. The predicted molar refractivity (Wildman–Crippen MR) is 83.0 cm³/mol. The third-order valence-electron chi connectivity index (χ3n) is 2.40. The van der Waals surface area contributed by atoms with Gasteiger partial charge in [0.15, 0.2) is 5.65 Å². The van der Waals surface area contributed by atoms with E-state index in [1.165, 1.54) is 6.33 Å². The first kappa shape index (κ1) is 12.3. The van der Waals surface area contributed by atoms with Gasteiger partial charge in [-0.2, -0.15) is 0 Å². The maximum atomic E-state index is 6.07. The highest BCUT2D eigenvalue weighted by atomic mass is 127. The Labute approximate surface area is 127 Å². The van der Waals surface area contributed by atoms with Crippen LogP contribution in [0, 0.1) is 3.70 Å². The van der Waals surface area contributed by atoms with Gasteiger partial charge in [0.1, 0.15) is 11.5 Å². The molecule has 0 aliphatic heterocycles. The fourth-order valence-corrected chi connectivity index (χ4v) is 3.48. The molecule has 1 aromatic carbocycles. The molecule has 0 aliphatic carbocycles. The van der Waals surface area contributed by atoms with Crippen molar-refractivity contribution >= 4 is 57.2 Å². The predicted octanol–water partition coefficient (Wildman–Crippen LogP) is 4.24. The topological polar surface area (TPSA) is 30.7 Å². The van der Waals surface area contributed by atoms with Crippen molar-refractivity contribution in [2.45, 2.75) is 4.90 Å². The molecule has 0 amide bonds. The van der Waals surface area contributed by atoms with E-state index in [9.17, 15) is 0 Å². The Morgan fingerprint density at radius 1 is 1.17 bits per heavy atom. The zero-order chi connectivity index (χ0) is 12.5. The molecule has 3 rings (SSSR count). The van der Waals surface area contributed by atoms with Gasteiger partial charge >= 0.3 is 0 Å². The van der Waals surface area contributed by atoms with E-state index < -0.39 is 0 Å². The second-order valence-corrected chi connectivity index (χ2v) is 6.05. The minimum atomic E-state index is 0.491. The lowest BCUT2D eigenvalue weighted by Gasteiger charge is -2.05. The highest BCUT2D eigenvalue weighted by Gasteiger charge is 2.12. The van der Waals surface area contributed by atoms with Crippen molar-refractivity contribution in [2.75, 3.05) is 0 Å². The van der Waals surface area contributed by atoms with Crippen LogP contribution in [0.25, 0.3) is 11.0 Å². The van der Waals surface area contributed by atoms with E-state index in [2.05, 4.69) is 48.7 Å². The van der Waals surface area contributed by atoms with E-state index >= 15 is 0 Å². The summed E-state index contributed by atoms with van der Waals surface area (Å²) < 4.78 is 3.12. The molecule has 2 heterocycles. The van der Waals surface area contributed by atoms with Crippen molar-refractivity contribution < 1.29 is 0 Å². The fourth-order valence-electron chi connectivity index (χ4n) is 1.60. The van der Waals surface area contributed by atoms with E-state index in [1.807, 2.05) is 24.3 Å². The SMILES string of the molecule is Clc1ncnc2c1cc(I)n2Sc1ccccc1. The number of nitrogens with zero attached hydrogens (tertiary/aromatic N) is 3. The zero-order valence-corrected chi connectivity index (χ0v) is 12.8. The van der Waals surface area contributed by atoms with Crippen molar-refractivity contribution in [1.82, 2.24) is 13.9 Å². The summed E-state index contributed by atoms with van der Waals surface area (Å²) in [5.74, 6) is 0. The Hall–Kier alpha value is -0.790. The molecule has 0 atom stereocenters. The van der Waals surface area contributed by atoms with Crippen LogP contribution in [0.2, 0.25) is 5.15 Å². The number of halogens is 2. The number of rotatable bonds is 2. The van der Waals surface area contributed by atoms with Crippen LogP contribution in [0.1, 0.15) is 0 Å². The van der Waals surface area contributed by atoms with Crippen LogP contribution < -0.4 is 0 Å². The molecule has 0 fully saturated rings. The summed E-state index contributed by atoms with van der Waals surface area (Å²) >= 11 is 9.96. The van der Waals surface area contributed by atoms with Gasteiger partial charge in [-0.1, -0.05) is 29.8 Å². The molecule has 2 aromatic heterocycles. The van der Waals surface area contributed by atoms with Gasteiger partial charge in [-0.3, -0.25) is 3.97 Å². The highest BCUT2D eigenvalue weighted by Crippen LogP contribution is 2.31. The normalized spacial score (nSPS) is 11.0. The van der Waals surface area contributed by atoms with E-state index in [0.717, 1.165) is 19.6 Å². The second-order valence-electron chi connectivity index (χ2n) is 3.57. The molecule has 0 spiro atoms. The van der Waals surface area contributed by atoms with Crippen LogP contribution in [0.15, 0.2) is 47.6 Å². The Bertz CT molecular complexity index is 699. The summed E-state index contributed by atoms with van der Waals surface area (Å²) in [6.45, 7) is 0. The summed E-state index contributed by atoms with van der Waals surface area (Å²) in [6.07, 6.45) is 1.49.